The van der Waals surface area contributed by atoms with Gasteiger partial charge in [-0.2, -0.15) is 0 Å². The van der Waals surface area contributed by atoms with E-state index in [1.54, 1.807) is 0 Å². The second-order valence-corrected chi connectivity index (χ2v) is 12.3. The Balaban J connectivity index is 0.000000424. The molecule has 5 rings (SSSR count). The summed E-state index contributed by atoms with van der Waals surface area (Å²) in [7, 11) is 0. The number of aryl methyl sites for hydroxylation is 2. The second kappa shape index (κ2) is 20.5. The smallest absolute Gasteiger partial charge is 0 e. The van der Waals surface area contributed by atoms with E-state index in [0.29, 0.717) is 5.69 Å². The van der Waals surface area contributed by atoms with Gasteiger partial charge in [0.1, 0.15) is 0 Å². The van der Waals surface area contributed by atoms with E-state index in [2.05, 4.69) is 97.9 Å². The molecule has 0 fully saturated rings. The fourth-order valence-electron chi connectivity index (χ4n) is 4.19. The molecule has 0 aliphatic carbocycles. The Labute approximate surface area is 291 Å². The molecule has 0 heterocycles. The number of benzene rings is 5. The van der Waals surface area contributed by atoms with Crippen LogP contribution in [0.4, 0.5) is 11.4 Å². The minimum Gasteiger partial charge on any atom is -0.873 e. The molecule has 0 aromatic heterocycles. The van der Waals surface area contributed by atoms with Gasteiger partial charge in [-0.25, -0.2) is 0 Å². The monoisotopic (exact) mass is 703 g/mol. The standard InChI is InChI=1S/C24H34NO.3C6H5.Sb/c1-9-16-12-11-13-17(10-2)21(16)25-20-15-18(23(3,4)5)14-19(22(20)26)24(6,7)8;3*1-2-4-6-5-3-1;/h11-15,26H,9-10H2,1-8H3;3*1-5H;/q-1;;;;/p-1. The summed E-state index contributed by atoms with van der Waals surface area (Å²) < 4.78 is 0. The van der Waals surface area contributed by atoms with Crippen molar-refractivity contribution in [3.63, 3.8) is 0 Å². The zero-order chi connectivity index (χ0) is 32.4. The van der Waals surface area contributed by atoms with Gasteiger partial charge in [0.2, 0.25) is 0 Å². The fraction of sp³-hybridized carbons (Fsp3) is 0.286. The van der Waals surface area contributed by atoms with Crippen molar-refractivity contribution in [3.05, 3.63) is 167 Å². The zero-order valence-electron chi connectivity index (χ0n) is 28.3. The first kappa shape index (κ1) is 39.5. The molecule has 3 heteroatoms. The van der Waals surface area contributed by atoms with Crippen molar-refractivity contribution < 1.29 is 5.11 Å². The number of nitrogens with zero attached hydrogens (tertiary/aromatic N) is 1. The van der Waals surface area contributed by atoms with Crippen molar-refractivity contribution in [3.8, 4) is 5.75 Å². The number of para-hydroxylation sites is 1. The minimum atomic E-state index is -0.208. The molecule has 0 spiro atoms. The molecule has 0 amide bonds. The van der Waals surface area contributed by atoms with E-state index in [9.17, 15) is 5.11 Å². The van der Waals surface area contributed by atoms with Crippen LogP contribution in [0.3, 0.4) is 0 Å². The zero-order valence-corrected chi connectivity index (χ0v) is 30.8. The minimum absolute atomic E-state index is 0. The largest absolute Gasteiger partial charge is 0.873 e. The molecular formula is C42H48NOSb-2. The first-order valence-electron chi connectivity index (χ1n) is 15.4. The number of rotatable bonds is 4. The van der Waals surface area contributed by atoms with E-state index in [4.69, 9.17) is 5.32 Å². The van der Waals surface area contributed by atoms with Crippen LogP contribution in [0, 0.1) is 18.2 Å². The van der Waals surface area contributed by atoms with E-state index in [-0.39, 0.29) is 41.0 Å². The van der Waals surface area contributed by atoms with Gasteiger partial charge in [0.15, 0.2) is 0 Å². The number of hydrogen-bond acceptors (Lipinski definition) is 1. The molecule has 0 bridgehead atoms. The molecule has 5 aromatic carbocycles. The van der Waals surface area contributed by atoms with Crippen LogP contribution in [-0.2, 0) is 23.7 Å². The van der Waals surface area contributed by atoms with Gasteiger partial charge in [0.05, 0.1) is 0 Å². The maximum Gasteiger partial charge on any atom is 0 e. The third-order valence-corrected chi connectivity index (χ3v) is 6.76. The molecule has 5 aromatic rings. The Kier molecular flexibility index (Phi) is 18.0. The molecule has 6 radical (unpaired) electrons. The van der Waals surface area contributed by atoms with Crippen molar-refractivity contribution in [2.24, 2.45) is 0 Å². The summed E-state index contributed by atoms with van der Waals surface area (Å²) in [4.78, 5) is 0. The average molecular weight is 705 g/mol. The van der Waals surface area contributed by atoms with Gasteiger partial charge in [0.25, 0.3) is 0 Å². The molecule has 0 saturated carbocycles. The molecule has 0 aliphatic rings. The topological polar surface area (TPSA) is 37.2 Å². The third kappa shape index (κ3) is 14.4. The SMILES string of the molecule is CCc1cccc(CC)c1[N-]c1cc(C(C)(C)C)cc(C(C)(C)C)c1[O-].[Sb].[c]1ccccc1.[c]1ccccc1.[c]1ccccc1. The van der Waals surface area contributed by atoms with Gasteiger partial charge in [-0.1, -0.05) is 193 Å². The van der Waals surface area contributed by atoms with Crippen LogP contribution in [0.2, 0.25) is 0 Å². The van der Waals surface area contributed by atoms with Gasteiger partial charge in [-0.3, -0.25) is 0 Å². The van der Waals surface area contributed by atoms with Crippen molar-refractivity contribution in [1.29, 1.82) is 0 Å². The van der Waals surface area contributed by atoms with Crippen LogP contribution >= 0.6 is 0 Å². The van der Waals surface area contributed by atoms with Gasteiger partial charge >= 0.3 is 0 Å². The van der Waals surface area contributed by atoms with Crippen molar-refractivity contribution in [2.45, 2.75) is 79.1 Å². The van der Waals surface area contributed by atoms with E-state index in [1.165, 1.54) is 11.1 Å². The average Bonchev–Trinajstić information content (AvgIpc) is 3.04. The maximum atomic E-state index is 13.2. The quantitative estimate of drug-likeness (QED) is 0.172. The summed E-state index contributed by atoms with van der Waals surface area (Å²) in [6, 6.07) is 47.9. The van der Waals surface area contributed by atoms with Crippen molar-refractivity contribution in [2.75, 3.05) is 0 Å². The Morgan fingerprint density at radius 1 is 0.578 bits per heavy atom. The summed E-state index contributed by atoms with van der Waals surface area (Å²) in [6.07, 6.45) is 1.82. The summed E-state index contributed by atoms with van der Waals surface area (Å²) in [5.41, 5.74) is 5.70. The Bertz CT molecular complexity index is 1280. The van der Waals surface area contributed by atoms with Gasteiger partial charge in [0, 0.05) is 24.4 Å². The van der Waals surface area contributed by atoms with Crippen LogP contribution in [0.5, 0.6) is 5.75 Å². The molecule has 0 N–H and O–H groups in total. The molecule has 45 heavy (non-hydrogen) atoms. The molecule has 234 valence electrons. The summed E-state index contributed by atoms with van der Waals surface area (Å²) in [6.45, 7) is 17.1. The predicted octanol–water partition coefficient (Wildman–Crippen LogP) is 10.9. The maximum absolute atomic E-state index is 13.2. The first-order chi connectivity index (χ1) is 21.0. The van der Waals surface area contributed by atoms with E-state index < -0.39 is 0 Å². The van der Waals surface area contributed by atoms with E-state index in [1.807, 2.05) is 97.1 Å². The molecule has 2 nitrogen and oxygen atoms in total. The predicted molar refractivity (Wildman–Crippen MR) is 193 cm³/mol. The Hall–Kier alpha value is -3.48. The number of hydrogen-bond donors (Lipinski definition) is 0. The normalized spacial score (nSPS) is 10.3. The Morgan fingerprint density at radius 2 is 0.978 bits per heavy atom. The summed E-state index contributed by atoms with van der Waals surface area (Å²) >= 11 is 0. The fourth-order valence-corrected chi connectivity index (χ4v) is 4.19. The van der Waals surface area contributed by atoms with Gasteiger partial charge in [-0.05, 0) is 47.4 Å². The van der Waals surface area contributed by atoms with Crippen LogP contribution in [0.15, 0.2) is 121 Å². The van der Waals surface area contributed by atoms with E-state index in [0.717, 1.165) is 29.7 Å². The second-order valence-electron chi connectivity index (χ2n) is 12.3. The first-order valence-corrected chi connectivity index (χ1v) is 15.4. The molecule has 0 aliphatic heterocycles. The summed E-state index contributed by atoms with van der Waals surface area (Å²) in [5.74, 6) is 0.0541. The molecule has 0 saturated heterocycles. The molecule has 0 unspecified atom stereocenters. The van der Waals surface area contributed by atoms with Crippen molar-refractivity contribution in [1.82, 2.24) is 0 Å². The van der Waals surface area contributed by atoms with E-state index >= 15 is 0 Å². The molecule has 0 atom stereocenters. The van der Waals surface area contributed by atoms with Gasteiger partial charge < -0.3 is 10.4 Å². The van der Waals surface area contributed by atoms with Crippen LogP contribution < -0.4 is 5.11 Å². The Morgan fingerprint density at radius 3 is 1.24 bits per heavy atom. The van der Waals surface area contributed by atoms with Crippen LogP contribution in [-0.4, -0.2) is 24.4 Å². The molecular weight excluding hydrogens is 656 g/mol. The van der Waals surface area contributed by atoms with Crippen molar-refractivity contribution >= 4 is 35.8 Å². The summed E-state index contributed by atoms with van der Waals surface area (Å²) in [5, 5.41) is 18.1. The third-order valence-electron chi connectivity index (χ3n) is 6.76. The van der Waals surface area contributed by atoms with Crippen LogP contribution in [0.25, 0.3) is 5.32 Å². The van der Waals surface area contributed by atoms with Gasteiger partial charge in [-0.15, -0.1) is 17.1 Å². The van der Waals surface area contributed by atoms with Crippen LogP contribution in [0.1, 0.15) is 77.6 Å².